The number of ether oxygens (including phenoxy) is 2. The highest BCUT2D eigenvalue weighted by Crippen LogP contribution is 2.36. The van der Waals surface area contributed by atoms with E-state index >= 15 is 0 Å². The van der Waals surface area contributed by atoms with Gasteiger partial charge in [0.25, 0.3) is 0 Å². The van der Waals surface area contributed by atoms with Gasteiger partial charge in [-0.1, -0.05) is 0 Å². The molecule has 4 rings (SSSR count). The molecule has 0 spiro atoms. The van der Waals surface area contributed by atoms with Crippen LogP contribution >= 0.6 is 0 Å². The molecule has 1 heterocycles. The number of tetrazole rings is 1. The molecule has 12 heteroatoms. The Hall–Kier alpha value is -3.96. The second-order valence-electron chi connectivity index (χ2n) is 7.03. The predicted molar refractivity (Wildman–Crippen MR) is 109 cm³/mol. The summed E-state index contributed by atoms with van der Waals surface area (Å²) in [7, 11) is 0. The molecule has 1 aliphatic rings. The molecule has 3 aromatic rings. The molecule has 1 aliphatic carbocycles. The quantitative estimate of drug-likeness (QED) is 0.370. The van der Waals surface area contributed by atoms with Crippen LogP contribution in [-0.2, 0) is 4.79 Å². The lowest BCUT2D eigenvalue weighted by atomic mass is 10.1. The first kappa shape index (κ1) is 22.2. The van der Waals surface area contributed by atoms with Gasteiger partial charge < -0.3 is 14.8 Å². The van der Waals surface area contributed by atoms with E-state index in [2.05, 4.69) is 30.3 Å². The highest BCUT2D eigenvalue weighted by molar-refractivity contribution is 6.02. The van der Waals surface area contributed by atoms with Gasteiger partial charge in [0.1, 0.15) is 11.5 Å². The Morgan fingerprint density at radius 1 is 1.06 bits per heavy atom. The minimum atomic E-state index is -3.19. The molecule has 1 amide bonds. The number of halogens is 4. The Morgan fingerprint density at radius 3 is 2.45 bits per heavy atom. The van der Waals surface area contributed by atoms with Crippen LogP contribution in [0.5, 0.6) is 11.5 Å². The van der Waals surface area contributed by atoms with Gasteiger partial charge >= 0.3 is 13.2 Å². The minimum absolute atomic E-state index is 0.0781. The van der Waals surface area contributed by atoms with Gasteiger partial charge in [0.15, 0.2) is 5.82 Å². The second-order valence-corrected chi connectivity index (χ2v) is 7.03. The minimum Gasteiger partial charge on any atom is -0.435 e. The van der Waals surface area contributed by atoms with E-state index in [1.807, 2.05) is 0 Å². The fraction of sp³-hybridized carbons (Fsp3) is 0.238. The van der Waals surface area contributed by atoms with Crippen LogP contribution in [0.15, 0.2) is 48.5 Å². The summed E-state index contributed by atoms with van der Waals surface area (Å²) in [5, 5.41) is 14.4. The van der Waals surface area contributed by atoms with E-state index in [4.69, 9.17) is 0 Å². The number of carbonyl (C=O) groups is 1. The number of amides is 1. The number of nitrogens with one attached hydrogen (secondary N) is 1. The fourth-order valence-corrected chi connectivity index (χ4v) is 3.03. The number of hydrogen-bond acceptors (Lipinski definition) is 6. The van der Waals surface area contributed by atoms with Gasteiger partial charge in [0.2, 0.25) is 5.91 Å². The zero-order valence-electron chi connectivity index (χ0n) is 16.9. The zero-order valence-corrected chi connectivity index (χ0v) is 16.9. The number of anilines is 1. The van der Waals surface area contributed by atoms with Crippen molar-refractivity contribution in [1.82, 2.24) is 20.2 Å². The summed E-state index contributed by atoms with van der Waals surface area (Å²) in [6.07, 6.45) is 4.38. The lowest BCUT2D eigenvalue weighted by molar-refractivity contribution is -0.111. The summed E-state index contributed by atoms with van der Waals surface area (Å²) in [6.45, 7) is -6.31. The fourth-order valence-electron chi connectivity index (χ4n) is 3.03. The molecular formula is C21H17F4N5O3. The van der Waals surface area contributed by atoms with Crippen molar-refractivity contribution in [3.63, 3.8) is 0 Å². The van der Waals surface area contributed by atoms with Gasteiger partial charge in [0.05, 0.1) is 6.04 Å². The highest BCUT2D eigenvalue weighted by atomic mass is 19.3. The van der Waals surface area contributed by atoms with Crippen LogP contribution in [0.25, 0.3) is 17.5 Å². The molecule has 0 atom stereocenters. The van der Waals surface area contributed by atoms with Crippen molar-refractivity contribution in [2.24, 2.45) is 0 Å². The lowest BCUT2D eigenvalue weighted by Gasteiger charge is -2.11. The van der Waals surface area contributed by atoms with Crippen molar-refractivity contribution in [2.75, 3.05) is 5.32 Å². The smallest absolute Gasteiger partial charge is 0.387 e. The van der Waals surface area contributed by atoms with E-state index in [1.54, 1.807) is 28.9 Å². The Balaban J connectivity index is 1.43. The van der Waals surface area contributed by atoms with Crippen LogP contribution in [0, 0.1) is 0 Å². The van der Waals surface area contributed by atoms with Crippen molar-refractivity contribution in [3.05, 3.63) is 54.1 Å². The van der Waals surface area contributed by atoms with E-state index < -0.39 is 24.9 Å². The molecule has 1 saturated carbocycles. The summed E-state index contributed by atoms with van der Waals surface area (Å²) in [6, 6.07) is 10.5. The third-order valence-corrected chi connectivity index (χ3v) is 4.64. The van der Waals surface area contributed by atoms with Crippen LogP contribution < -0.4 is 14.8 Å². The number of alkyl halides is 4. The maximum absolute atomic E-state index is 12.7. The predicted octanol–water partition coefficient (Wildman–Crippen LogP) is 4.53. The second kappa shape index (κ2) is 9.67. The standard InChI is InChI=1S/C21H17F4N5O3/c22-20(23)32-16-9-3-12(17(11-16)33-21(24)25)4-10-18(31)26-14-5-1-13(2-6-14)19-27-28-29-30(19)15-7-8-15/h1-6,9-11,15,20-21H,7-8H2,(H,26,31)/b10-4+. The van der Waals surface area contributed by atoms with E-state index in [1.165, 1.54) is 12.1 Å². The third-order valence-electron chi connectivity index (χ3n) is 4.64. The van der Waals surface area contributed by atoms with Gasteiger partial charge in [-0.25, -0.2) is 4.68 Å². The summed E-state index contributed by atoms with van der Waals surface area (Å²) < 4.78 is 60.3. The van der Waals surface area contributed by atoms with Gasteiger partial charge in [0, 0.05) is 29.0 Å². The number of benzene rings is 2. The Labute approximate surface area is 184 Å². The highest BCUT2D eigenvalue weighted by Gasteiger charge is 2.28. The largest absolute Gasteiger partial charge is 0.435 e. The zero-order chi connectivity index (χ0) is 23.4. The van der Waals surface area contributed by atoms with Gasteiger partial charge in [-0.3, -0.25) is 4.79 Å². The number of nitrogens with zero attached hydrogens (tertiary/aromatic N) is 4. The molecule has 172 valence electrons. The summed E-state index contributed by atoms with van der Waals surface area (Å²) in [4.78, 5) is 12.2. The summed E-state index contributed by atoms with van der Waals surface area (Å²) in [5.41, 5.74) is 1.36. The molecule has 1 aromatic heterocycles. The summed E-state index contributed by atoms with van der Waals surface area (Å²) >= 11 is 0. The van der Waals surface area contributed by atoms with Crippen LogP contribution in [-0.4, -0.2) is 39.3 Å². The van der Waals surface area contributed by atoms with Crippen molar-refractivity contribution >= 4 is 17.7 Å². The van der Waals surface area contributed by atoms with Crippen LogP contribution in [0.3, 0.4) is 0 Å². The first-order valence-corrected chi connectivity index (χ1v) is 9.80. The van der Waals surface area contributed by atoms with Crippen LogP contribution in [0.2, 0.25) is 0 Å². The topological polar surface area (TPSA) is 91.2 Å². The van der Waals surface area contributed by atoms with Crippen molar-refractivity contribution in [3.8, 4) is 22.9 Å². The molecule has 0 saturated heterocycles. The lowest BCUT2D eigenvalue weighted by Crippen LogP contribution is -2.08. The van der Waals surface area contributed by atoms with Crippen molar-refractivity contribution in [2.45, 2.75) is 32.1 Å². The average Bonchev–Trinajstić information content (AvgIpc) is 3.49. The number of carbonyl (C=O) groups excluding carboxylic acids is 1. The number of hydrogen-bond donors (Lipinski definition) is 1. The molecular weight excluding hydrogens is 446 g/mol. The Bertz CT molecular complexity index is 1150. The first-order valence-electron chi connectivity index (χ1n) is 9.80. The van der Waals surface area contributed by atoms with Crippen LogP contribution in [0.4, 0.5) is 23.2 Å². The SMILES string of the molecule is O=C(/C=C/c1ccc(OC(F)F)cc1OC(F)F)Nc1ccc(-c2nnnn2C2CC2)cc1. The molecule has 1 N–H and O–H groups in total. The van der Waals surface area contributed by atoms with Gasteiger partial charge in [-0.05, 0) is 65.7 Å². The monoisotopic (exact) mass is 463 g/mol. The molecule has 0 unspecified atom stereocenters. The number of rotatable bonds is 9. The van der Waals surface area contributed by atoms with E-state index in [0.29, 0.717) is 17.6 Å². The Morgan fingerprint density at radius 2 is 1.79 bits per heavy atom. The molecule has 1 fully saturated rings. The van der Waals surface area contributed by atoms with Gasteiger partial charge in [-0.15, -0.1) is 5.10 Å². The molecule has 0 radical (unpaired) electrons. The molecule has 0 aliphatic heterocycles. The van der Waals surface area contributed by atoms with Crippen LogP contribution in [0.1, 0.15) is 24.4 Å². The molecule has 8 nitrogen and oxygen atoms in total. The van der Waals surface area contributed by atoms with E-state index in [0.717, 1.165) is 36.6 Å². The average molecular weight is 463 g/mol. The molecule has 2 aromatic carbocycles. The summed E-state index contributed by atoms with van der Waals surface area (Å²) in [5.74, 6) is -0.664. The molecule has 0 bridgehead atoms. The third kappa shape index (κ3) is 5.84. The Kier molecular flexibility index (Phi) is 6.52. The van der Waals surface area contributed by atoms with Gasteiger partial charge in [-0.2, -0.15) is 17.6 Å². The first-order chi connectivity index (χ1) is 15.9. The molecule has 33 heavy (non-hydrogen) atoms. The van der Waals surface area contributed by atoms with Crippen molar-refractivity contribution in [1.29, 1.82) is 0 Å². The van der Waals surface area contributed by atoms with Crippen molar-refractivity contribution < 1.29 is 31.8 Å². The van der Waals surface area contributed by atoms with E-state index in [-0.39, 0.29) is 11.3 Å². The van der Waals surface area contributed by atoms with E-state index in [9.17, 15) is 22.4 Å². The normalized spacial score (nSPS) is 13.6. The maximum Gasteiger partial charge on any atom is 0.387 e. The maximum atomic E-state index is 12.7. The number of aromatic nitrogens is 4.